The number of aliphatic hydroxyl groups excluding tert-OH is 1. The molecule has 0 heterocycles. The first kappa shape index (κ1) is 27.6. The highest BCUT2D eigenvalue weighted by molar-refractivity contribution is 6.32. The normalized spacial score (nSPS) is 31.5. The SMILES string of the molecule is CN(C)c1ccc(-c2ccc(O)c3c2C[C@@H]2C(C3=O)C(=O)[C@]3(O)C(=O)C(C(N)=O)C(=O)[C@@H](N(C)C)[C@@H]3[C@H]2O)cc1. The highest BCUT2D eigenvalue weighted by Crippen LogP contribution is 2.51. The molecule has 0 radical (unpaired) electrons. The van der Waals surface area contributed by atoms with Gasteiger partial charge in [0.15, 0.2) is 34.7 Å². The summed E-state index contributed by atoms with van der Waals surface area (Å²) < 4.78 is 0. The van der Waals surface area contributed by atoms with Gasteiger partial charge in [0, 0.05) is 25.7 Å². The van der Waals surface area contributed by atoms with Crippen molar-refractivity contribution in [3.05, 3.63) is 47.5 Å². The lowest BCUT2D eigenvalue weighted by molar-refractivity contribution is -0.195. The summed E-state index contributed by atoms with van der Waals surface area (Å²) in [5.41, 5.74) is 4.88. The van der Waals surface area contributed by atoms with E-state index in [9.17, 15) is 39.3 Å². The molecule has 11 heteroatoms. The van der Waals surface area contributed by atoms with Crippen molar-refractivity contribution in [2.24, 2.45) is 29.4 Å². The average Bonchev–Trinajstić information content (AvgIpc) is 2.88. The summed E-state index contributed by atoms with van der Waals surface area (Å²) in [6.45, 7) is 0. The number of anilines is 1. The number of primary amides is 1. The quantitative estimate of drug-likeness (QED) is 0.366. The summed E-state index contributed by atoms with van der Waals surface area (Å²) in [5, 5.41) is 34.0. The molecule has 2 unspecified atom stereocenters. The smallest absolute Gasteiger partial charge is 0.235 e. The van der Waals surface area contributed by atoms with Crippen molar-refractivity contribution < 1.29 is 39.3 Å². The van der Waals surface area contributed by atoms with Crippen molar-refractivity contribution in [3.63, 3.8) is 0 Å². The van der Waals surface area contributed by atoms with Gasteiger partial charge in [0.2, 0.25) is 5.91 Å². The van der Waals surface area contributed by atoms with E-state index in [1.165, 1.54) is 25.1 Å². The number of phenols is 1. The molecule has 0 spiro atoms. The molecule has 40 heavy (non-hydrogen) atoms. The first-order valence-electron chi connectivity index (χ1n) is 12.9. The Morgan fingerprint density at radius 3 is 2.15 bits per heavy atom. The van der Waals surface area contributed by atoms with E-state index in [0.29, 0.717) is 11.1 Å². The Morgan fingerprint density at radius 2 is 1.60 bits per heavy atom. The number of hydrogen-bond acceptors (Lipinski definition) is 10. The molecule has 1 amide bonds. The number of benzene rings is 2. The Hall–Kier alpha value is -3.93. The fourth-order valence-electron chi connectivity index (χ4n) is 6.82. The predicted molar refractivity (Wildman–Crippen MR) is 143 cm³/mol. The van der Waals surface area contributed by atoms with E-state index in [2.05, 4.69) is 0 Å². The fraction of sp³-hybridized carbons (Fsp3) is 0.414. The third-order valence-electron chi connectivity index (χ3n) is 8.72. The lowest BCUT2D eigenvalue weighted by Crippen LogP contribution is -2.77. The van der Waals surface area contributed by atoms with Gasteiger partial charge < -0.3 is 26.0 Å². The number of Topliss-reactive ketones (excluding diaryl/α,β-unsaturated/α-hetero) is 4. The van der Waals surface area contributed by atoms with E-state index in [0.717, 1.165) is 11.3 Å². The summed E-state index contributed by atoms with van der Waals surface area (Å²) >= 11 is 0. The van der Waals surface area contributed by atoms with Crippen molar-refractivity contribution in [2.45, 2.75) is 24.2 Å². The maximum absolute atomic E-state index is 13.9. The van der Waals surface area contributed by atoms with Gasteiger partial charge in [0.05, 0.1) is 29.5 Å². The lowest BCUT2D eigenvalue weighted by Gasteiger charge is -2.54. The highest BCUT2D eigenvalue weighted by atomic mass is 16.3. The molecular formula is C29H31N3O8. The molecule has 5 rings (SSSR count). The van der Waals surface area contributed by atoms with Crippen LogP contribution in [0.2, 0.25) is 0 Å². The van der Waals surface area contributed by atoms with E-state index < -0.39 is 70.5 Å². The van der Waals surface area contributed by atoms with Gasteiger partial charge in [-0.05, 0) is 55.4 Å². The van der Waals surface area contributed by atoms with Gasteiger partial charge in [-0.15, -0.1) is 0 Å². The Kier molecular flexibility index (Phi) is 6.44. The molecule has 0 saturated heterocycles. The second kappa shape index (κ2) is 9.33. The van der Waals surface area contributed by atoms with Crippen LogP contribution in [0.1, 0.15) is 15.9 Å². The second-order valence-electron chi connectivity index (χ2n) is 11.3. The molecule has 0 aliphatic heterocycles. The zero-order valence-corrected chi connectivity index (χ0v) is 22.5. The van der Waals surface area contributed by atoms with E-state index in [1.807, 2.05) is 43.3 Å². The molecule has 7 atom stereocenters. The minimum atomic E-state index is -3.01. The molecule has 0 bridgehead atoms. The van der Waals surface area contributed by atoms with Crippen molar-refractivity contribution in [1.82, 2.24) is 4.90 Å². The Labute approximate surface area is 230 Å². The van der Waals surface area contributed by atoms with Crippen LogP contribution in [0.3, 0.4) is 0 Å². The monoisotopic (exact) mass is 549 g/mol. The van der Waals surface area contributed by atoms with Crippen LogP contribution < -0.4 is 10.6 Å². The summed E-state index contributed by atoms with van der Waals surface area (Å²) in [5.74, 6) is -12.7. The molecule has 0 aromatic heterocycles. The van der Waals surface area contributed by atoms with Crippen LogP contribution in [-0.4, -0.2) is 95.2 Å². The largest absolute Gasteiger partial charge is 0.507 e. The van der Waals surface area contributed by atoms with Crippen LogP contribution in [0.15, 0.2) is 36.4 Å². The van der Waals surface area contributed by atoms with Gasteiger partial charge >= 0.3 is 0 Å². The molecular weight excluding hydrogens is 518 g/mol. The van der Waals surface area contributed by atoms with Crippen LogP contribution in [0.5, 0.6) is 5.75 Å². The zero-order valence-electron chi connectivity index (χ0n) is 22.5. The van der Waals surface area contributed by atoms with Crippen molar-refractivity contribution in [1.29, 1.82) is 0 Å². The van der Waals surface area contributed by atoms with E-state index in [4.69, 9.17) is 5.73 Å². The lowest BCUT2D eigenvalue weighted by atomic mass is 9.51. The standard InChI is InChI=1S/C29H31N3O8/c1-31(2)13-7-5-12(6-8-13)14-9-10-17(33)18-15(14)11-16-19(24(18)35)26(37)29(40)21(23(16)34)22(32(3)4)25(36)20(27(29)38)28(30)39/h5-10,16,19-23,33-34,40H,11H2,1-4H3,(H2,30,39)/t16-,19?,20?,21-,22+,23+,29+/m1/s1. The average molecular weight is 550 g/mol. The number of carbonyl (C=O) groups excluding carboxylic acids is 5. The third kappa shape index (κ3) is 3.65. The summed E-state index contributed by atoms with van der Waals surface area (Å²) in [6.07, 6.45) is -1.71. The van der Waals surface area contributed by atoms with Gasteiger partial charge in [-0.25, -0.2) is 0 Å². The number of carbonyl (C=O) groups is 5. The number of nitrogens with two attached hydrogens (primary N) is 1. The maximum atomic E-state index is 13.9. The molecule has 210 valence electrons. The van der Waals surface area contributed by atoms with Gasteiger partial charge in [0.1, 0.15) is 5.75 Å². The number of rotatable bonds is 4. The Balaban J connectivity index is 1.67. The first-order chi connectivity index (χ1) is 18.7. The van der Waals surface area contributed by atoms with Crippen molar-refractivity contribution >= 4 is 34.7 Å². The topological polar surface area (TPSA) is 179 Å². The first-order valence-corrected chi connectivity index (χ1v) is 12.9. The van der Waals surface area contributed by atoms with E-state index in [1.54, 1.807) is 6.07 Å². The number of likely N-dealkylation sites (N-methyl/N-ethyl adjacent to an activating group) is 1. The van der Waals surface area contributed by atoms with E-state index >= 15 is 0 Å². The Morgan fingerprint density at radius 1 is 0.975 bits per heavy atom. The maximum Gasteiger partial charge on any atom is 0.235 e. The third-order valence-corrected chi connectivity index (χ3v) is 8.72. The van der Waals surface area contributed by atoms with Gasteiger partial charge in [-0.3, -0.25) is 28.9 Å². The molecule has 11 nitrogen and oxygen atoms in total. The molecule has 2 aromatic carbocycles. The molecule has 2 fully saturated rings. The molecule has 2 aromatic rings. The summed E-state index contributed by atoms with van der Waals surface area (Å²) in [6, 6.07) is 9.05. The van der Waals surface area contributed by atoms with Crippen LogP contribution in [0, 0.1) is 23.7 Å². The highest BCUT2D eigenvalue weighted by Gasteiger charge is 2.72. The number of ketones is 4. The van der Waals surface area contributed by atoms with Crippen LogP contribution >= 0.6 is 0 Å². The van der Waals surface area contributed by atoms with Crippen LogP contribution in [-0.2, 0) is 25.6 Å². The van der Waals surface area contributed by atoms with Crippen LogP contribution in [0.4, 0.5) is 5.69 Å². The minimum absolute atomic E-state index is 0.0494. The minimum Gasteiger partial charge on any atom is -0.507 e. The molecule has 5 N–H and O–H groups in total. The molecule has 3 aliphatic carbocycles. The van der Waals surface area contributed by atoms with Gasteiger partial charge in [-0.1, -0.05) is 18.2 Å². The molecule has 2 saturated carbocycles. The number of nitrogens with zero attached hydrogens (tertiary/aromatic N) is 2. The number of fused-ring (bicyclic) bond motifs is 3. The fourth-order valence-corrected chi connectivity index (χ4v) is 6.82. The van der Waals surface area contributed by atoms with E-state index in [-0.39, 0.29) is 17.7 Å². The van der Waals surface area contributed by atoms with Crippen molar-refractivity contribution in [3.8, 4) is 16.9 Å². The number of aliphatic hydroxyl groups is 2. The summed E-state index contributed by atoms with van der Waals surface area (Å²) in [7, 11) is 6.70. The summed E-state index contributed by atoms with van der Waals surface area (Å²) in [4.78, 5) is 69.8. The number of phenolic OH excluding ortho intramolecular Hbond substituents is 1. The second-order valence-corrected chi connectivity index (χ2v) is 11.3. The zero-order chi connectivity index (χ0) is 29.4. The van der Waals surface area contributed by atoms with Crippen molar-refractivity contribution in [2.75, 3.05) is 33.1 Å². The van der Waals surface area contributed by atoms with Gasteiger partial charge in [-0.2, -0.15) is 0 Å². The van der Waals surface area contributed by atoms with Gasteiger partial charge in [0.25, 0.3) is 0 Å². The number of hydrogen-bond donors (Lipinski definition) is 4. The van der Waals surface area contributed by atoms with Crippen LogP contribution in [0.25, 0.3) is 11.1 Å². The predicted octanol–water partition coefficient (Wildman–Crippen LogP) is -0.429. The number of aromatic hydroxyl groups is 1. The molecule has 3 aliphatic rings. The Bertz CT molecular complexity index is 1470. The number of amides is 1.